The van der Waals surface area contributed by atoms with Crippen LogP contribution in [0.4, 0.5) is 0 Å². The van der Waals surface area contributed by atoms with Crippen molar-refractivity contribution in [3.63, 3.8) is 0 Å². The van der Waals surface area contributed by atoms with Crippen molar-refractivity contribution in [2.75, 3.05) is 0 Å². The minimum atomic E-state index is 0.164. The van der Waals surface area contributed by atoms with Gasteiger partial charge in [0.15, 0.2) is 0 Å². The third-order valence-corrected chi connectivity index (χ3v) is 1.17. The van der Waals surface area contributed by atoms with E-state index in [0.29, 0.717) is 12.0 Å². The van der Waals surface area contributed by atoms with Crippen LogP contribution in [0.25, 0.3) is 0 Å². The lowest BCUT2D eigenvalue weighted by molar-refractivity contribution is 1.14. The van der Waals surface area contributed by atoms with Crippen molar-refractivity contribution in [2.45, 2.75) is 13.3 Å². The van der Waals surface area contributed by atoms with Crippen LogP contribution in [0.2, 0.25) is 0 Å². The molecule has 0 aromatic heterocycles. The molecule has 0 saturated heterocycles. The molecule has 0 amide bonds. The predicted octanol–water partition coefficient (Wildman–Crippen LogP) is 1.93. The maximum Gasteiger partial charge on any atom is 0.132 e. The van der Waals surface area contributed by atoms with Gasteiger partial charge in [-0.3, -0.25) is 0 Å². The molecule has 0 unspecified atom stereocenters. The molecular formula is C8H8N2. The number of allylic oxidation sites excluding steroid dienone is 3. The van der Waals surface area contributed by atoms with Gasteiger partial charge in [0.2, 0.25) is 0 Å². The van der Waals surface area contributed by atoms with Gasteiger partial charge in [-0.25, -0.2) is 0 Å². The highest BCUT2D eigenvalue weighted by molar-refractivity contribution is 5.43. The summed E-state index contributed by atoms with van der Waals surface area (Å²) in [6, 6.07) is 3.60. The van der Waals surface area contributed by atoms with E-state index in [2.05, 4.69) is 6.58 Å². The van der Waals surface area contributed by atoms with Crippen LogP contribution in [0.5, 0.6) is 0 Å². The minimum Gasteiger partial charge on any atom is -0.192 e. The molecule has 0 fully saturated rings. The highest BCUT2D eigenvalue weighted by Crippen LogP contribution is 2.07. The Morgan fingerprint density at radius 3 is 2.10 bits per heavy atom. The summed E-state index contributed by atoms with van der Waals surface area (Å²) in [5.74, 6) is 0. The molecule has 2 nitrogen and oxygen atoms in total. The average molecular weight is 132 g/mol. The largest absolute Gasteiger partial charge is 0.192 e. The van der Waals surface area contributed by atoms with Crippen molar-refractivity contribution in [1.29, 1.82) is 10.5 Å². The van der Waals surface area contributed by atoms with Crippen LogP contribution in [-0.4, -0.2) is 0 Å². The van der Waals surface area contributed by atoms with Crippen LogP contribution >= 0.6 is 0 Å². The molecule has 50 valence electrons. The Kier molecular flexibility index (Phi) is 3.68. The van der Waals surface area contributed by atoms with Gasteiger partial charge in [-0.05, 0) is 12.0 Å². The Balaban J connectivity index is 4.79. The zero-order valence-electron chi connectivity index (χ0n) is 5.89. The van der Waals surface area contributed by atoms with E-state index < -0.39 is 0 Å². The van der Waals surface area contributed by atoms with E-state index in [4.69, 9.17) is 10.5 Å². The van der Waals surface area contributed by atoms with Gasteiger partial charge in [0.25, 0.3) is 0 Å². The molecule has 0 N–H and O–H groups in total. The molecule has 0 aromatic carbocycles. The second-order valence-corrected chi connectivity index (χ2v) is 1.68. The fourth-order valence-electron chi connectivity index (χ4n) is 0.592. The van der Waals surface area contributed by atoms with Crippen LogP contribution in [0.1, 0.15) is 13.3 Å². The molecular weight excluding hydrogens is 124 g/mol. The van der Waals surface area contributed by atoms with Crippen LogP contribution in [-0.2, 0) is 0 Å². The molecule has 0 aliphatic heterocycles. The lowest BCUT2D eigenvalue weighted by Crippen LogP contribution is -1.81. The molecule has 0 bridgehead atoms. The molecule has 2 heteroatoms. The van der Waals surface area contributed by atoms with Crippen LogP contribution in [0, 0.1) is 22.7 Å². The summed E-state index contributed by atoms with van der Waals surface area (Å²) in [6.07, 6.45) is 2.22. The number of nitriles is 2. The van der Waals surface area contributed by atoms with Crippen molar-refractivity contribution in [3.05, 3.63) is 23.8 Å². The van der Waals surface area contributed by atoms with Crippen molar-refractivity contribution in [1.82, 2.24) is 0 Å². The molecule has 0 saturated carbocycles. The highest BCUT2D eigenvalue weighted by atomic mass is 14.3. The first-order valence-corrected chi connectivity index (χ1v) is 2.95. The topological polar surface area (TPSA) is 47.6 Å². The van der Waals surface area contributed by atoms with Gasteiger partial charge in [-0.15, -0.1) is 0 Å². The quantitative estimate of drug-likeness (QED) is 0.425. The van der Waals surface area contributed by atoms with E-state index in [-0.39, 0.29) is 5.57 Å². The zero-order valence-corrected chi connectivity index (χ0v) is 5.89. The van der Waals surface area contributed by atoms with Crippen molar-refractivity contribution < 1.29 is 0 Å². The summed E-state index contributed by atoms with van der Waals surface area (Å²) in [5, 5.41) is 16.8. The standard InChI is InChI=1S/C8H8N2/c1-3-7(4-2)8(5-9)6-10/h3H,1,4H2,2H3. The molecule has 0 heterocycles. The first kappa shape index (κ1) is 8.46. The summed E-state index contributed by atoms with van der Waals surface area (Å²) in [6.45, 7) is 5.37. The summed E-state index contributed by atoms with van der Waals surface area (Å²) in [4.78, 5) is 0. The summed E-state index contributed by atoms with van der Waals surface area (Å²) >= 11 is 0. The second-order valence-electron chi connectivity index (χ2n) is 1.68. The monoisotopic (exact) mass is 132 g/mol. The Labute approximate surface area is 60.7 Å². The Bertz CT molecular complexity index is 219. The molecule has 0 rings (SSSR count). The van der Waals surface area contributed by atoms with Gasteiger partial charge in [-0.2, -0.15) is 10.5 Å². The normalized spacial score (nSPS) is 7.10. The zero-order chi connectivity index (χ0) is 7.98. The van der Waals surface area contributed by atoms with Gasteiger partial charge in [0.05, 0.1) is 0 Å². The summed E-state index contributed by atoms with van der Waals surface area (Å²) in [7, 11) is 0. The Morgan fingerprint density at radius 2 is 2.00 bits per heavy atom. The van der Waals surface area contributed by atoms with Gasteiger partial charge in [0.1, 0.15) is 17.7 Å². The molecule has 10 heavy (non-hydrogen) atoms. The van der Waals surface area contributed by atoms with E-state index >= 15 is 0 Å². The van der Waals surface area contributed by atoms with E-state index in [9.17, 15) is 0 Å². The van der Waals surface area contributed by atoms with Gasteiger partial charge < -0.3 is 0 Å². The number of hydrogen-bond donors (Lipinski definition) is 0. The maximum atomic E-state index is 8.38. The third-order valence-electron chi connectivity index (χ3n) is 1.17. The van der Waals surface area contributed by atoms with E-state index in [1.54, 1.807) is 18.2 Å². The SMILES string of the molecule is C=CC(CC)=C(C#N)C#N. The molecule has 0 aliphatic rings. The highest BCUT2D eigenvalue weighted by Gasteiger charge is 1.97. The summed E-state index contributed by atoms with van der Waals surface area (Å²) in [5.41, 5.74) is 0.877. The first-order chi connectivity index (χ1) is 4.79. The molecule has 0 atom stereocenters. The van der Waals surface area contributed by atoms with E-state index in [1.807, 2.05) is 6.92 Å². The van der Waals surface area contributed by atoms with Crippen LogP contribution in [0.15, 0.2) is 23.8 Å². The van der Waals surface area contributed by atoms with Gasteiger partial charge in [0, 0.05) is 0 Å². The number of rotatable bonds is 2. The lowest BCUT2D eigenvalue weighted by Gasteiger charge is -1.92. The first-order valence-electron chi connectivity index (χ1n) is 2.95. The number of nitrogens with zero attached hydrogens (tertiary/aromatic N) is 2. The van der Waals surface area contributed by atoms with Crippen molar-refractivity contribution in [3.8, 4) is 12.1 Å². The molecule has 0 aliphatic carbocycles. The predicted molar refractivity (Wildman–Crippen MR) is 38.7 cm³/mol. The minimum absolute atomic E-state index is 0.164. The maximum absolute atomic E-state index is 8.38. The fraction of sp³-hybridized carbons (Fsp3) is 0.250. The summed E-state index contributed by atoms with van der Waals surface area (Å²) < 4.78 is 0. The lowest BCUT2D eigenvalue weighted by atomic mass is 10.1. The smallest absolute Gasteiger partial charge is 0.132 e. The molecule has 0 aromatic rings. The average Bonchev–Trinajstić information content (AvgIpc) is 2.00. The molecule has 0 spiro atoms. The van der Waals surface area contributed by atoms with Crippen molar-refractivity contribution in [2.24, 2.45) is 0 Å². The fourth-order valence-corrected chi connectivity index (χ4v) is 0.592. The van der Waals surface area contributed by atoms with E-state index in [0.717, 1.165) is 0 Å². The van der Waals surface area contributed by atoms with Crippen LogP contribution < -0.4 is 0 Å². The van der Waals surface area contributed by atoms with Crippen LogP contribution in [0.3, 0.4) is 0 Å². The molecule has 0 radical (unpaired) electrons. The Morgan fingerprint density at radius 1 is 1.50 bits per heavy atom. The third kappa shape index (κ3) is 1.76. The van der Waals surface area contributed by atoms with Crippen molar-refractivity contribution >= 4 is 0 Å². The second kappa shape index (κ2) is 4.35. The number of hydrogen-bond acceptors (Lipinski definition) is 2. The van der Waals surface area contributed by atoms with Gasteiger partial charge >= 0.3 is 0 Å². The van der Waals surface area contributed by atoms with E-state index in [1.165, 1.54) is 0 Å². The Hall–Kier alpha value is -1.54. The van der Waals surface area contributed by atoms with Gasteiger partial charge in [-0.1, -0.05) is 19.6 Å².